The lowest BCUT2D eigenvalue weighted by Crippen LogP contribution is -2.38. The molecular weight excluding hydrogens is 384 g/mol. The van der Waals surface area contributed by atoms with Crippen molar-refractivity contribution < 1.29 is 9.59 Å². The number of nitrogens with one attached hydrogen (secondary N) is 1. The van der Waals surface area contributed by atoms with E-state index in [2.05, 4.69) is 31.1 Å². The van der Waals surface area contributed by atoms with Crippen LogP contribution < -0.4 is 5.32 Å². The van der Waals surface area contributed by atoms with E-state index in [-0.39, 0.29) is 23.8 Å². The molecule has 29 heavy (non-hydrogen) atoms. The predicted molar refractivity (Wildman–Crippen MR) is 116 cm³/mol. The van der Waals surface area contributed by atoms with Gasteiger partial charge in [0.25, 0.3) is 5.91 Å². The van der Waals surface area contributed by atoms with Gasteiger partial charge in [0.2, 0.25) is 5.91 Å². The van der Waals surface area contributed by atoms with Crippen molar-refractivity contribution in [3.05, 3.63) is 57.9 Å². The quantitative estimate of drug-likeness (QED) is 0.695. The van der Waals surface area contributed by atoms with Crippen LogP contribution in [0.15, 0.2) is 30.5 Å². The number of fused-ring (bicyclic) bond motifs is 1. The lowest BCUT2D eigenvalue weighted by atomic mass is 9.87. The molecular formula is C22H28N4O2S. The SMILES string of the molecule is Cc1cn2c(CN(C)C(=O)CNC(=O)c3ccc(C(C)(C)C)cc3)c(C)nc2s1. The van der Waals surface area contributed by atoms with Gasteiger partial charge in [0.05, 0.1) is 24.5 Å². The standard InChI is InChI=1S/C22H28N4O2S/c1-14-12-26-18(15(2)24-21(26)29-14)13-25(6)19(27)11-23-20(28)16-7-9-17(10-8-16)22(3,4)5/h7-10,12H,11,13H2,1-6H3,(H,23,28). The summed E-state index contributed by atoms with van der Waals surface area (Å²) in [5.74, 6) is -0.394. The van der Waals surface area contributed by atoms with Crippen LogP contribution in [0.2, 0.25) is 0 Å². The number of aromatic nitrogens is 2. The number of benzene rings is 1. The molecule has 2 heterocycles. The molecule has 1 aromatic carbocycles. The van der Waals surface area contributed by atoms with Gasteiger partial charge in [-0.25, -0.2) is 4.98 Å². The Labute approximate surface area is 175 Å². The van der Waals surface area contributed by atoms with Gasteiger partial charge in [-0.1, -0.05) is 32.9 Å². The van der Waals surface area contributed by atoms with Crippen molar-refractivity contribution in [1.82, 2.24) is 19.6 Å². The first-order chi connectivity index (χ1) is 13.6. The van der Waals surface area contributed by atoms with E-state index in [4.69, 9.17) is 0 Å². The van der Waals surface area contributed by atoms with Crippen LogP contribution >= 0.6 is 11.3 Å². The highest BCUT2D eigenvalue weighted by Crippen LogP contribution is 2.23. The van der Waals surface area contributed by atoms with Gasteiger partial charge in [0, 0.05) is 23.7 Å². The number of aryl methyl sites for hydroxylation is 2. The molecule has 154 valence electrons. The van der Waals surface area contributed by atoms with Gasteiger partial charge in [0.15, 0.2) is 4.96 Å². The summed E-state index contributed by atoms with van der Waals surface area (Å²) in [6, 6.07) is 7.52. The molecule has 0 aliphatic rings. The Bertz CT molecular complexity index is 1040. The Balaban J connectivity index is 1.59. The maximum atomic E-state index is 12.5. The summed E-state index contributed by atoms with van der Waals surface area (Å²) in [7, 11) is 1.74. The third-order valence-corrected chi connectivity index (χ3v) is 5.86. The van der Waals surface area contributed by atoms with Crippen molar-refractivity contribution in [3.63, 3.8) is 0 Å². The average Bonchev–Trinajstić information content (AvgIpc) is 3.14. The first kappa shape index (κ1) is 21.0. The highest BCUT2D eigenvalue weighted by Gasteiger charge is 2.18. The van der Waals surface area contributed by atoms with Crippen LogP contribution in [-0.4, -0.2) is 39.7 Å². The van der Waals surface area contributed by atoms with E-state index in [1.165, 1.54) is 4.88 Å². The van der Waals surface area contributed by atoms with Crippen molar-refractivity contribution in [3.8, 4) is 0 Å². The van der Waals surface area contributed by atoms with Gasteiger partial charge >= 0.3 is 0 Å². The second kappa shape index (κ2) is 7.99. The highest BCUT2D eigenvalue weighted by atomic mass is 32.1. The van der Waals surface area contributed by atoms with E-state index < -0.39 is 0 Å². The Hall–Kier alpha value is -2.67. The lowest BCUT2D eigenvalue weighted by Gasteiger charge is -2.19. The topological polar surface area (TPSA) is 66.7 Å². The summed E-state index contributed by atoms with van der Waals surface area (Å²) < 4.78 is 2.04. The number of imidazole rings is 1. The van der Waals surface area contributed by atoms with Crippen LogP contribution in [0.4, 0.5) is 0 Å². The van der Waals surface area contributed by atoms with Gasteiger partial charge in [-0.05, 0) is 37.0 Å². The van der Waals surface area contributed by atoms with Crippen LogP contribution in [0.25, 0.3) is 4.96 Å². The Morgan fingerprint density at radius 2 is 1.83 bits per heavy atom. The molecule has 0 saturated carbocycles. The Kier molecular flexibility index (Phi) is 5.80. The lowest BCUT2D eigenvalue weighted by molar-refractivity contribution is -0.129. The molecule has 2 aromatic heterocycles. The van der Waals surface area contributed by atoms with Crippen molar-refractivity contribution in [2.75, 3.05) is 13.6 Å². The Morgan fingerprint density at radius 3 is 2.45 bits per heavy atom. The van der Waals surface area contributed by atoms with E-state index in [9.17, 15) is 9.59 Å². The number of thiazole rings is 1. The van der Waals surface area contributed by atoms with Crippen LogP contribution in [0.1, 0.15) is 53.0 Å². The number of nitrogens with zero attached hydrogens (tertiary/aromatic N) is 3. The number of carbonyl (C=O) groups excluding carboxylic acids is 2. The minimum absolute atomic E-state index is 0.0336. The molecule has 0 spiro atoms. The largest absolute Gasteiger partial charge is 0.343 e. The molecule has 1 N–H and O–H groups in total. The molecule has 0 aliphatic carbocycles. The second-order valence-electron chi connectivity index (χ2n) is 8.40. The van der Waals surface area contributed by atoms with Crippen molar-refractivity contribution in [1.29, 1.82) is 0 Å². The van der Waals surface area contributed by atoms with Gasteiger partial charge < -0.3 is 10.2 Å². The molecule has 0 radical (unpaired) electrons. The molecule has 0 unspecified atom stereocenters. The van der Waals surface area contributed by atoms with Crippen molar-refractivity contribution in [2.24, 2.45) is 0 Å². The molecule has 3 aromatic rings. The van der Waals surface area contributed by atoms with Gasteiger partial charge in [-0.15, -0.1) is 11.3 Å². The normalized spacial score (nSPS) is 11.7. The molecule has 0 aliphatic heterocycles. The summed E-state index contributed by atoms with van der Waals surface area (Å²) in [6.45, 7) is 10.8. The van der Waals surface area contributed by atoms with E-state index in [1.807, 2.05) is 36.6 Å². The first-order valence-electron chi connectivity index (χ1n) is 9.63. The zero-order valence-corrected chi connectivity index (χ0v) is 18.7. The summed E-state index contributed by atoms with van der Waals surface area (Å²) in [4.78, 5) is 33.2. The van der Waals surface area contributed by atoms with Gasteiger partial charge in [0.1, 0.15) is 0 Å². The van der Waals surface area contributed by atoms with E-state index in [1.54, 1.807) is 35.4 Å². The van der Waals surface area contributed by atoms with Crippen LogP contribution in [0.3, 0.4) is 0 Å². The minimum Gasteiger partial charge on any atom is -0.343 e. The van der Waals surface area contributed by atoms with Crippen LogP contribution in [0, 0.1) is 13.8 Å². The summed E-state index contributed by atoms with van der Waals surface area (Å²) in [6.07, 6.45) is 2.04. The molecule has 6 nitrogen and oxygen atoms in total. The molecule has 0 fully saturated rings. The minimum atomic E-state index is -0.247. The summed E-state index contributed by atoms with van der Waals surface area (Å²) >= 11 is 1.63. The fourth-order valence-corrected chi connectivity index (χ4v) is 4.02. The fraction of sp³-hybridized carbons (Fsp3) is 0.409. The number of likely N-dealkylation sites (N-methyl/N-ethyl adjacent to an activating group) is 1. The van der Waals surface area contributed by atoms with Crippen molar-refractivity contribution >= 4 is 28.1 Å². The van der Waals surface area contributed by atoms with Crippen LogP contribution in [-0.2, 0) is 16.8 Å². The predicted octanol–water partition coefficient (Wildman–Crippen LogP) is 3.70. The smallest absolute Gasteiger partial charge is 0.251 e. The average molecular weight is 413 g/mol. The fourth-order valence-electron chi connectivity index (χ4n) is 3.13. The molecule has 0 atom stereocenters. The maximum absolute atomic E-state index is 12.5. The van der Waals surface area contributed by atoms with E-state index in [0.717, 1.165) is 21.9 Å². The summed E-state index contributed by atoms with van der Waals surface area (Å²) in [5, 5.41) is 2.72. The van der Waals surface area contributed by atoms with Crippen molar-refractivity contribution in [2.45, 2.75) is 46.6 Å². The third-order valence-electron chi connectivity index (χ3n) is 4.97. The zero-order chi connectivity index (χ0) is 21.3. The monoisotopic (exact) mass is 412 g/mol. The molecule has 0 saturated heterocycles. The second-order valence-corrected chi connectivity index (χ2v) is 9.61. The number of rotatable bonds is 5. The Morgan fingerprint density at radius 1 is 1.17 bits per heavy atom. The number of hydrogen-bond acceptors (Lipinski definition) is 4. The van der Waals surface area contributed by atoms with E-state index in [0.29, 0.717) is 12.1 Å². The first-order valence-corrected chi connectivity index (χ1v) is 10.4. The maximum Gasteiger partial charge on any atom is 0.251 e. The molecule has 7 heteroatoms. The van der Waals surface area contributed by atoms with Crippen LogP contribution in [0.5, 0.6) is 0 Å². The van der Waals surface area contributed by atoms with Gasteiger partial charge in [-0.2, -0.15) is 0 Å². The molecule has 3 rings (SSSR count). The highest BCUT2D eigenvalue weighted by molar-refractivity contribution is 7.17. The third kappa shape index (κ3) is 4.67. The van der Waals surface area contributed by atoms with Gasteiger partial charge in [-0.3, -0.25) is 14.0 Å². The molecule has 0 bridgehead atoms. The number of amides is 2. The van der Waals surface area contributed by atoms with E-state index >= 15 is 0 Å². The number of carbonyl (C=O) groups is 2. The number of hydrogen-bond donors (Lipinski definition) is 1. The zero-order valence-electron chi connectivity index (χ0n) is 17.9. The summed E-state index contributed by atoms with van der Waals surface area (Å²) in [5.41, 5.74) is 3.65. The molecule has 2 amide bonds.